The molecular formula is C12H15N5O3. The third kappa shape index (κ3) is 1.84. The van der Waals surface area contributed by atoms with E-state index < -0.39 is 5.97 Å². The summed E-state index contributed by atoms with van der Waals surface area (Å²) in [6, 6.07) is 0. The van der Waals surface area contributed by atoms with Gasteiger partial charge in [0.05, 0.1) is 6.61 Å². The standard InChI is InChI=1S/C12H15N5O3/c1-2-20-8(18)6-17-11(19)9-10(15-12(17)13)14-7-4-3-5-16(7)9/h2-6H2,1H3,(H2,13,15). The quantitative estimate of drug-likeness (QED) is 0.771. The molecule has 8 heteroatoms. The summed E-state index contributed by atoms with van der Waals surface area (Å²) in [5.74, 6) is 0.314. The first kappa shape index (κ1) is 12.6. The van der Waals surface area contributed by atoms with Crippen LogP contribution in [0.25, 0.3) is 11.2 Å². The number of ether oxygens (including phenoxy) is 1. The third-order valence-corrected chi connectivity index (χ3v) is 3.35. The van der Waals surface area contributed by atoms with Crippen LogP contribution in [0.2, 0.25) is 0 Å². The molecule has 0 bridgehead atoms. The molecule has 1 aliphatic rings. The van der Waals surface area contributed by atoms with Gasteiger partial charge in [0, 0.05) is 13.0 Å². The highest BCUT2D eigenvalue weighted by molar-refractivity contribution is 5.74. The van der Waals surface area contributed by atoms with Crippen LogP contribution in [0.4, 0.5) is 5.95 Å². The molecule has 0 aromatic carbocycles. The number of fused-ring (bicyclic) bond motifs is 3. The van der Waals surface area contributed by atoms with Gasteiger partial charge in [0.2, 0.25) is 5.95 Å². The summed E-state index contributed by atoms with van der Waals surface area (Å²) in [5.41, 5.74) is 6.16. The highest BCUT2D eigenvalue weighted by atomic mass is 16.5. The van der Waals surface area contributed by atoms with Gasteiger partial charge >= 0.3 is 5.97 Å². The average molecular weight is 277 g/mol. The topological polar surface area (TPSA) is 105 Å². The van der Waals surface area contributed by atoms with Gasteiger partial charge in [-0.05, 0) is 13.3 Å². The number of hydrogen-bond acceptors (Lipinski definition) is 6. The van der Waals surface area contributed by atoms with E-state index >= 15 is 0 Å². The lowest BCUT2D eigenvalue weighted by Gasteiger charge is -2.08. The van der Waals surface area contributed by atoms with Crippen LogP contribution in [0.3, 0.4) is 0 Å². The Balaban J connectivity index is 2.13. The fourth-order valence-electron chi connectivity index (χ4n) is 2.49. The summed E-state index contributed by atoms with van der Waals surface area (Å²) in [7, 11) is 0. The summed E-state index contributed by atoms with van der Waals surface area (Å²) < 4.78 is 7.82. The number of rotatable bonds is 3. The number of nitrogens with two attached hydrogens (primary N) is 1. The Bertz CT molecular complexity index is 746. The molecule has 20 heavy (non-hydrogen) atoms. The fourth-order valence-corrected chi connectivity index (χ4v) is 2.49. The molecule has 8 nitrogen and oxygen atoms in total. The van der Waals surface area contributed by atoms with Gasteiger partial charge in [-0.1, -0.05) is 0 Å². The number of nitrogens with zero attached hydrogens (tertiary/aromatic N) is 4. The Hall–Kier alpha value is -2.38. The lowest BCUT2D eigenvalue weighted by atomic mass is 10.4. The molecule has 0 fully saturated rings. The molecule has 0 amide bonds. The minimum Gasteiger partial charge on any atom is -0.465 e. The van der Waals surface area contributed by atoms with Crippen LogP contribution in [0.15, 0.2) is 4.79 Å². The second-order valence-corrected chi connectivity index (χ2v) is 4.62. The predicted octanol–water partition coefficient (Wildman–Crippen LogP) is -0.315. The monoisotopic (exact) mass is 277 g/mol. The molecule has 0 saturated heterocycles. The van der Waals surface area contributed by atoms with Crippen molar-refractivity contribution in [3.05, 3.63) is 16.2 Å². The van der Waals surface area contributed by atoms with Crippen molar-refractivity contribution < 1.29 is 9.53 Å². The van der Waals surface area contributed by atoms with Crippen molar-refractivity contribution in [2.24, 2.45) is 0 Å². The van der Waals surface area contributed by atoms with Gasteiger partial charge in [-0.15, -0.1) is 0 Å². The minimum atomic E-state index is -0.511. The van der Waals surface area contributed by atoms with Gasteiger partial charge in [0.1, 0.15) is 12.4 Å². The van der Waals surface area contributed by atoms with E-state index in [-0.39, 0.29) is 24.7 Å². The molecule has 3 rings (SSSR count). The van der Waals surface area contributed by atoms with Gasteiger partial charge in [-0.25, -0.2) is 4.98 Å². The molecule has 0 atom stereocenters. The highest BCUT2D eigenvalue weighted by Crippen LogP contribution is 2.19. The van der Waals surface area contributed by atoms with Crippen LogP contribution >= 0.6 is 0 Å². The number of aryl methyl sites for hydroxylation is 2. The van der Waals surface area contributed by atoms with E-state index in [1.165, 1.54) is 0 Å². The van der Waals surface area contributed by atoms with E-state index in [0.717, 1.165) is 29.8 Å². The molecule has 1 aliphatic heterocycles. The summed E-state index contributed by atoms with van der Waals surface area (Å²) in [4.78, 5) is 32.4. The SMILES string of the molecule is CCOC(=O)Cn1c(N)nc2nc3n(c2c1=O)CCC3. The first-order valence-electron chi connectivity index (χ1n) is 6.53. The van der Waals surface area contributed by atoms with Gasteiger partial charge in [0.15, 0.2) is 11.2 Å². The Morgan fingerprint density at radius 3 is 3.00 bits per heavy atom. The first-order chi connectivity index (χ1) is 9.61. The minimum absolute atomic E-state index is 0.0210. The molecule has 2 N–H and O–H groups in total. The maximum absolute atomic E-state index is 12.5. The largest absolute Gasteiger partial charge is 0.465 e. The summed E-state index contributed by atoms with van der Waals surface area (Å²) in [6.07, 6.45) is 1.79. The van der Waals surface area contributed by atoms with E-state index in [2.05, 4.69) is 9.97 Å². The van der Waals surface area contributed by atoms with Crippen LogP contribution in [0, 0.1) is 0 Å². The summed E-state index contributed by atoms with van der Waals surface area (Å²) in [6.45, 7) is 2.47. The molecule has 0 aliphatic carbocycles. The number of imidazole rings is 1. The number of carbonyl (C=O) groups excluding carboxylic acids is 1. The zero-order valence-corrected chi connectivity index (χ0v) is 11.1. The second-order valence-electron chi connectivity index (χ2n) is 4.62. The Morgan fingerprint density at radius 2 is 2.25 bits per heavy atom. The number of nitrogen functional groups attached to an aromatic ring is 1. The Labute approximate surface area is 114 Å². The van der Waals surface area contributed by atoms with Crippen LogP contribution in [-0.2, 0) is 29.0 Å². The van der Waals surface area contributed by atoms with Gasteiger partial charge in [-0.3, -0.25) is 14.2 Å². The van der Waals surface area contributed by atoms with Crippen molar-refractivity contribution in [2.45, 2.75) is 32.9 Å². The Kier molecular flexibility index (Phi) is 2.92. The van der Waals surface area contributed by atoms with E-state index in [1.807, 2.05) is 4.57 Å². The molecule has 0 radical (unpaired) electrons. The number of anilines is 1. The first-order valence-corrected chi connectivity index (χ1v) is 6.53. The van der Waals surface area contributed by atoms with Crippen LogP contribution in [0.1, 0.15) is 19.2 Å². The van der Waals surface area contributed by atoms with E-state index in [4.69, 9.17) is 10.5 Å². The van der Waals surface area contributed by atoms with Crippen molar-refractivity contribution >= 4 is 23.1 Å². The molecule has 0 saturated carbocycles. The van der Waals surface area contributed by atoms with Crippen LogP contribution in [0.5, 0.6) is 0 Å². The summed E-state index contributed by atoms with van der Waals surface area (Å²) >= 11 is 0. The zero-order valence-electron chi connectivity index (χ0n) is 11.1. The normalized spacial score (nSPS) is 13.7. The number of aromatic nitrogens is 4. The molecular weight excluding hydrogens is 262 g/mol. The highest BCUT2D eigenvalue weighted by Gasteiger charge is 2.22. The molecule has 2 aromatic rings. The van der Waals surface area contributed by atoms with Crippen molar-refractivity contribution in [3.8, 4) is 0 Å². The second kappa shape index (κ2) is 4.62. The van der Waals surface area contributed by atoms with Crippen molar-refractivity contribution in [2.75, 3.05) is 12.3 Å². The maximum Gasteiger partial charge on any atom is 0.326 e. The molecule has 0 unspecified atom stereocenters. The van der Waals surface area contributed by atoms with Crippen LogP contribution in [-0.4, -0.2) is 31.7 Å². The smallest absolute Gasteiger partial charge is 0.326 e. The van der Waals surface area contributed by atoms with E-state index in [1.54, 1.807) is 6.92 Å². The molecule has 106 valence electrons. The number of hydrogen-bond donors (Lipinski definition) is 1. The lowest BCUT2D eigenvalue weighted by molar-refractivity contribution is -0.143. The van der Waals surface area contributed by atoms with Gasteiger partial charge in [0.25, 0.3) is 5.56 Å². The maximum atomic E-state index is 12.5. The fraction of sp³-hybridized carbons (Fsp3) is 0.500. The summed E-state index contributed by atoms with van der Waals surface area (Å²) in [5, 5.41) is 0. The lowest BCUT2D eigenvalue weighted by Crippen LogP contribution is -2.29. The van der Waals surface area contributed by atoms with Crippen molar-refractivity contribution in [1.82, 2.24) is 19.1 Å². The molecule has 0 spiro atoms. The Morgan fingerprint density at radius 1 is 1.45 bits per heavy atom. The van der Waals surface area contributed by atoms with Gasteiger partial charge in [-0.2, -0.15) is 4.98 Å². The molecule has 3 heterocycles. The van der Waals surface area contributed by atoms with E-state index in [0.29, 0.717) is 11.2 Å². The van der Waals surface area contributed by atoms with Crippen molar-refractivity contribution in [3.63, 3.8) is 0 Å². The predicted molar refractivity (Wildman–Crippen MR) is 71.2 cm³/mol. The zero-order chi connectivity index (χ0) is 14.3. The van der Waals surface area contributed by atoms with Gasteiger partial charge < -0.3 is 15.0 Å². The number of carbonyl (C=O) groups is 1. The third-order valence-electron chi connectivity index (χ3n) is 3.35. The van der Waals surface area contributed by atoms with Crippen LogP contribution < -0.4 is 11.3 Å². The van der Waals surface area contributed by atoms with E-state index in [9.17, 15) is 9.59 Å². The molecule has 2 aromatic heterocycles. The van der Waals surface area contributed by atoms with Crippen molar-refractivity contribution in [1.29, 1.82) is 0 Å². The average Bonchev–Trinajstić information content (AvgIpc) is 2.94. The number of esters is 1.